The number of nitrogens with two attached hydrogens (primary N) is 1. The van der Waals surface area contributed by atoms with Crippen molar-refractivity contribution in [2.45, 2.75) is 20.3 Å². The van der Waals surface area contributed by atoms with Crippen LogP contribution in [0.2, 0.25) is 0 Å². The van der Waals surface area contributed by atoms with Crippen LogP contribution >= 0.6 is 0 Å². The molecule has 2 aliphatic rings. The lowest BCUT2D eigenvalue weighted by molar-refractivity contribution is 0.125. The normalized spacial score (nSPS) is 20.1. The maximum Gasteiger partial charge on any atom is 0.193 e. The first-order valence-electron chi connectivity index (χ1n) is 10.1. The lowest BCUT2D eigenvalue weighted by Crippen LogP contribution is -2.47. The van der Waals surface area contributed by atoms with Gasteiger partial charge in [0.2, 0.25) is 0 Å². The van der Waals surface area contributed by atoms with E-state index < -0.39 is 0 Å². The van der Waals surface area contributed by atoms with Crippen LogP contribution < -0.4 is 20.5 Å². The zero-order valence-corrected chi connectivity index (χ0v) is 16.6. The highest BCUT2D eigenvalue weighted by Crippen LogP contribution is 2.32. The summed E-state index contributed by atoms with van der Waals surface area (Å²) in [5.74, 6) is 2.45. The summed E-state index contributed by atoms with van der Waals surface area (Å²) >= 11 is 0. The van der Waals surface area contributed by atoms with E-state index in [-0.39, 0.29) is 0 Å². The number of aliphatic imine (C=N–C) groups is 1. The van der Waals surface area contributed by atoms with Crippen molar-refractivity contribution < 1.29 is 9.47 Å². The molecule has 3 N–H and O–H groups in total. The average Bonchev–Trinajstić information content (AvgIpc) is 2.92. The second-order valence-corrected chi connectivity index (χ2v) is 7.40. The largest absolute Gasteiger partial charge is 0.490 e. The third-order valence-electron chi connectivity index (χ3n) is 5.08. The Morgan fingerprint density at radius 1 is 1.15 bits per heavy atom. The Labute approximate surface area is 162 Å². The van der Waals surface area contributed by atoms with Crippen molar-refractivity contribution in [3.63, 3.8) is 0 Å². The monoisotopic (exact) mass is 375 g/mol. The number of fused-ring (bicyclic) bond motifs is 1. The predicted molar refractivity (Wildman–Crippen MR) is 110 cm³/mol. The van der Waals surface area contributed by atoms with Crippen LogP contribution in [0.5, 0.6) is 11.5 Å². The molecule has 0 aliphatic carbocycles. The molecule has 150 valence electrons. The minimum Gasteiger partial charge on any atom is -0.490 e. The molecule has 0 radical (unpaired) electrons. The summed E-state index contributed by atoms with van der Waals surface area (Å²) < 4.78 is 11.4. The van der Waals surface area contributed by atoms with Crippen LogP contribution in [-0.4, -0.2) is 74.8 Å². The highest BCUT2D eigenvalue weighted by molar-refractivity contribution is 5.92. The number of guanidine groups is 1. The van der Waals surface area contributed by atoms with Crippen molar-refractivity contribution in [3.05, 3.63) is 18.2 Å². The zero-order chi connectivity index (χ0) is 19.1. The number of benzene rings is 1. The molecule has 0 amide bonds. The number of hydrogen-bond donors (Lipinski definition) is 2. The van der Waals surface area contributed by atoms with Crippen molar-refractivity contribution >= 4 is 11.6 Å². The minimum atomic E-state index is 0.437. The van der Waals surface area contributed by atoms with Gasteiger partial charge in [-0.3, -0.25) is 4.99 Å². The SMILES string of the molecule is CCN1CCN(CC(C)CN=C(N)Nc2ccc3c(c2)OCCCO3)CC1. The van der Waals surface area contributed by atoms with E-state index >= 15 is 0 Å². The van der Waals surface area contributed by atoms with Crippen LogP contribution in [0.3, 0.4) is 0 Å². The number of rotatable bonds is 6. The van der Waals surface area contributed by atoms with E-state index in [0.29, 0.717) is 25.1 Å². The van der Waals surface area contributed by atoms with Crippen LogP contribution in [0, 0.1) is 5.92 Å². The third-order valence-corrected chi connectivity index (χ3v) is 5.08. The van der Waals surface area contributed by atoms with Gasteiger partial charge in [0.1, 0.15) is 0 Å². The maximum absolute atomic E-state index is 6.08. The zero-order valence-electron chi connectivity index (χ0n) is 16.6. The van der Waals surface area contributed by atoms with Gasteiger partial charge in [0.15, 0.2) is 17.5 Å². The third kappa shape index (κ3) is 6.01. The van der Waals surface area contributed by atoms with Gasteiger partial charge in [-0.05, 0) is 24.6 Å². The van der Waals surface area contributed by atoms with Crippen molar-refractivity contribution in [2.24, 2.45) is 16.6 Å². The Bertz CT molecular complexity index is 629. The average molecular weight is 376 g/mol. The molecule has 1 aromatic carbocycles. The minimum absolute atomic E-state index is 0.437. The second-order valence-electron chi connectivity index (χ2n) is 7.40. The summed E-state index contributed by atoms with van der Waals surface area (Å²) in [6, 6.07) is 5.76. The number of likely N-dealkylation sites (N-methyl/N-ethyl adjacent to an activating group) is 1. The van der Waals surface area contributed by atoms with Gasteiger partial charge in [-0.2, -0.15) is 0 Å². The van der Waals surface area contributed by atoms with Crippen LogP contribution in [-0.2, 0) is 0 Å². The van der Waals surface area contributed by atoms with E-state index in [1.807, 2.05) is 18.2 Å². The fourth-order valence-electron chi connectivity index (χ4n) is 3.47. The Hall–Kier alpha value is -1.99. The highest BCUT2D eigenvalue weighted by atomic mass is 16.5. The molecule has 7 heteroatoms. The first-order valence-corrected chi connectivity index (χ1v) is 10.1. The van der Waals surface area contributed by atoms with Crippen molar-refractivity contribution in [1.29, 1.82) is 0 Å². The molecule has 0 aromatic heterocycles. The quantitative estimate of drug-likeness (QED) is 0.584. The van der Waals surface area contributed by atoms with Gasteiger partial charge < -0.3 is 30.3 Å². The van der Waals surface area contributed by atoms with Crippen LogP contribution in [0.1, 0.15) is 20.3 Å². The Morgan fingerprint density at radius 2 is 1.85 bits per heavy atom. The van der Waals surface area contributed by atoms with E-state index in [1.54, 1.807) is 0 Å². The summed E-state index contributed by atoms with van der Waals surface area (Å²) in [5, 5.41) is 3.16. The van der Waals surface area contributed by atoms with Crippen molar-refractivity contribution in [3.8, 4) is 11.5 Å². The van der Waals surface area contributed by atoms with Gasteiger partial charge in [-0.1, -0.05) is 13.8 Å². The Kier molecular flexibility index (Phi) is 7.18. The Balaban J connectivity index is 1.46. The number of ether oxygens (including phenoxy) is 2. The molecule has 0 spiro atoms. The molecular formula is C20H33N5O2. The molecule has 1 fully saturated rings. The van der Waals surface area contributed by atoms with Crippen molar-refractivity contribution in [1.82, 2.24) is 9.80 Å². The molecule has 27 heavy (non-hydrogen) atoms. The molecule has 0 bridgehead atoms. The number of nitrogens with zero attached hydrogens (tertiary/aromatic N) is 3. The van der Waals surface area contributed by atoms with Gasteiger partial charge in [-0.25, -0.2) is 0 Å². The van der Waals surface area contributed by atoms with Crippen LogP contribution in [0.4, 0.5) is 5.69 Å². The van der Waals surface area contributed by atoms with Gasteiger partial charge in [-0.15, -0.1) is 0 Å². The van der Waals surface area contributed by atoms with Crippen LogP contribution in [0.15, 0.2) is 23.2 Å². The molecule has 1 atom stereocenters. The maximum atomic E-state index is 6.08. The smallest absolute Gasteiger partial charge is 0.193 e. The molecule has 2 heterocycles. The van der Waals surface area contributed by atoms with Gasteiger partial charge >= 0.3 is 0 Å². The fourth-order valence-corrected chi connectivity index (χ4v) is 3.47. The first-order chi connectivity index (χ1) is 13.1. The standard InChI is InChI=1S/C20H33N5O2/c1-3-24-7-9-25(10-8-24)15-16(2)14-22-20(21)23-17-5-6-18-19(13-17)27-12-4-11-26-18/h5-6,13,16H,3-4,7-12,14-15H2,1-2H3,(H3,21,22,23). The van der Waals surface area contributed by atoms with E-state index in [9.17, 15) is 0 Å². The van der Waals surface area contributed by atoms with E-state index in [2.05, 4.69) is 34.0 Å². The molecule has 0 saturated carbocycles. The topological polar surface area (TPSA) is 75.4 Å². The fraction of sp³-hybridized carbons (Fsp3) is 0.650. The number of piperazine rings is 1. The summed E-state index contributed by atoms with van der Waals surface area (Å²) in [5.41, 5.74) is 6.94. The predicted octanol–water partition coefficient (Wildman–Crippen LogP) is 1.85. The lowest BCUT2D eigenvalue weighted by Gasteiger charge is -2.35. The van der Waals surface area contributed by atoms with Crippen LogP contribution in [0.25, 0.3) is 0 Å². The number of nitrogens with one attached hydrogen (secondary N) is 1. The highest BCUT2D eigenvalue weighted by Gasteiger charge is 2.17. The summed E-state index contributed by atoms with van der Waals surface area (Å²) in [4.78, 5) is 9.54. The molecule has 1 saturated heterocycles. The number of hydrogen-bond acceptors (Lipinski definition) is 5. The molecule has 7 nitrogen and oxygen atoms in total. The van der Waals surface area contributed by atoms with Gasteiger partial charge in [0.05, 0.1) is 13.2 Å². The Morgan fingerprint density at radius 3 is 2.59 bits per heavy atom. The molecular weight excluding hydrogens is 342 g/mol. The lowest BCUT2D eigenvalue weighted by atomic mass is 10.1. The summed E-state index contributed by atoms with van der Waals surface area (Å²) in [7, 11) is 0. The second kappa shape index (κ2) is 9.80. The molecule has 1 aromatic rings. The first kappa shape index (κ1) is 19.8. The number of anilines is 1. The molecule has 1 unspecified atom stereocenters. The van der Waals surface area contributed by atoms with Gasteiger partial charge in [0.25, 0.3) is 0 Å². The summed E-state index contributed by atoms with van der Waals surface area (Å²) in [6.45, 7) is 13.4. The van der Waals surface area contributed by atoms with E-state index in [0.717, 1.165) is 56.3 Å². The van der Waals surface area contributed by atoms with Crippen molar-refractivity contribution in [2.75, 3.05) is 64.3 Å². The van der Waals surface area contributed by atoms with E-state index in [1.165, 1.54) is 13.1 Å². The molecule has 2 aliphatic heterocycles. The molecule has 3 rings (SSSR count). The summed E-state index contributed by atoms with van der Waals surface area (Å²) in [6.07, 6.45) is 0.895. The van der Waals surface area contributed by atoms with E-state index in [4.69, 9.17) is 15.2 Å². The van der Waals surface area contributed by atoms with Gasteiger partial charge in [0, 0.05) is 57.4 Å².